The smallest absolute Gasteiger partial charge is 0.222 e. The molecule has 0 radical (unpaired) electrons. The standard InChI is InChI=1S/C16H12FN5/c17-9-3-1-2-8(6-9)11-7-12-13(10-4-5-20-14(10)11)15(18)22-16(19)21-12/h1-7,20H,(H4,18,19,21,22). The van der Waals surface area contributed by atoms with E-state index in [2.05, 4.69) is 15.0 Å². The number of nitrogens with zero attached hydrogens (tertiary/aromatic N) is 2. The third-order valence-corrected chi connectivity index (χ3v) is 3.68. The molecule has 108 valence electrons. The van der Waals surface area contributed by atoms with Crippen LogP contribution in [0.4, 0.5) is 16.2 Å². The lowest BCUT2D eigenvalue weighted by Crippen LogP contribution is -2.01. The van der Waals surface area contributed by atoms with E-state index in [0.29, 0.717) is 11.3 Å². The summed E-state index contributed by atoms with van der Waals surface area (Å²) in [5.74, 6) is 0.155. The number of aromatic amines is 1. The van der Waals surface area contributed by atoms with Gasteiger partial charge in [0.05, 0.1) is 16.4 Å². The zero-order valence-corrected chi connectivity index (χ0v) is 11.5. The minimum Gasteiger partial charge on any atom is -0.383 e. The number of nitrogen functional groups attached to an aromatic ring is 2. The number of benzene rings is 2. The Balaban J connectivity index is 2.16. The van der Waals surface area contributed by atoms with Crippen molar-refractivity contribution in [1.82, 2.24) is 15.0 Å². The molecule has 0 spiro atoms. The molecule has 5 N–H and O–H groups in total. The minimum absolute atomic E-state index is 0.116. The van der Waals surface area contributed by atoms with E-state index in [1.54, 1.807) is 6.07 Å². The number of H-pyrrole nitrogens is 1. The average Bonchev–Trinajstić information content (AvgIpc) is 2.94. The van der Waals surface area contributed by atoms with Crippen LogP contribution in [0.2, 0.25) is 0 Å². The molecule has 0 bridgehead atoms. The fourth-order valence-corrected chi connectivity index (χ4v) is 2.79. The molecule has 5 nitrogen and oxygen atoms in total. The first-order chi connectivity index (χ1) is 10.6. The summed E-state index contributed by atoms with van der Waals surface area (Å²) in [6.07, 6.45) is 1.81. The largest absolute Gasteiger partial charge is 0.383 e. The number of nitrogens with one attached hydrogen (secondary N) is 1. The van der Waals surface area contributed by atoms with Gasteiger partial charge in [-0.2, -0.15) is 4.98 Å². The fraction of sp³-hybridized carbons (Fsp3) is 0. The van der Waals surface area contributed by atoms with E-state index in [1.807, 2.05) is 24.4 Å². The molecule has 6 heteroatoms. The third kappa shape index (κ3) is 1.77. The van der Waals surface area contributed by atoms with Crippen molar-refractivity contribution in [2.24, 2.45) is 0 Å². The first-order valence-electron chi connectivity index (χ1n) is 6.72. The molecular weight excluding hydrogens is 281 g/mol. The maximum atomic E-state index is 13.5. The highest BCUT2D eigenvalue weighted by Crippen LogP contribution is 2.35. The molecule has 0 aliphatic rings. The van der Waals surface area contributed by atoms with Crippen LogP contribution in [0.3, 0.4) is 0 Å². The average molecular weight is 293 g/mol. The van der Waals surface area contributed by atoms with E-state index in [1.165, 1.54) is 12.1 Å². The summed E-state index contributed by atoms with van der Waals surface area (Å²) in [6, 6.07) is 10.2. The van der Waals surface area contributed by atoms with E-state index in [-0.39, 0.29) is 11.8 Å². The van der Waals surface area contributed by atoms with Crippen molar-refractivity contribution in [1.29, 1.82) is 0 Å². The van der Waals surface area contributed by atoms with Gasteiger partial charge < -0.3 is 16.5 Å². The van der Waals surface area contributed by atoms with E-state index in [9.17, 15) is 4.39 Å². The Labute approximate surface area is 124 Å². The second-order valence-corrected chi connectivity index (χ2v) is 5.06. The van der Waals surface area contributed by atoms with Crippen molar-refractivity contribution in [3.63, 3.8) is 0 Å². The predicted octanol–water partition coefficient (Wildman–Crippen LogP) is 3.08. The Morgan fingerprint density at radius 3 is 2.73 bits per heavy atom. The molecule has 2 heterocycles. The molecule has 2 aromatic carbocycles. The van der Waals surface area contributed by atoms with Crippen molar-refractivity contribution in [3.8, 4) is 11.1 Å². The van der Waals surface area contributed by atoms with Crippen molar-refractivity contribution < 1.29 is 4.39 Å². The van der Waals surface area contributed by atoms with Gasteiger partial charge in [-0.3, -0.25) is 0 Å². The zero-order chi connectivity index (χ0) is 15.3. The van der Waals surface area contributed by atoms with Gasteiger partial charge in [0, 0.05) is 17.1 Å². The minimum atomic E-state index is -0.293. The number of hydrogen-bond acceptors (Lipinski definition) is 4. The van der Waals surface area contributed by atoms with Gasteiger partial charge in [-0.25, -0.2) is 9.37 Å². The molecule has 0 aliphatic heterocycles. The van der Waals surface area contributed by atoms with Gasteiger partial charge in [-0.05, 0) is 29.8 Å². The lowest BCUT2D eigenvalue weighted by molar-refractivity contribution is 0.628. The highest BCUT2D eigenvalue weighted by Gasteiger charge is 2.14. The Hall–Kier alpha value is -3.15. The normalized spacial score (nSPS) is 11.3. The lowest BCUT2D eigenvalue weighted by Gasteiger charge is -2.09. The molecule has 2 aromatic heterocycles. The van der Waals surface area contributed by atoms with Crippen LogP contribution in [0, 0.1) is 5.82 Å². The van der Waals surface area contributed by atoms with Gasteiger partial charge in [-0.15, -0.1) is 0 Å². The van der Waals surface area contributed by atoms with Gasteiger partial charge in [0.2, 0.25) is 5.95 Å². The zero-order valence-electron chi connectivity index (χ0n) is 11.5. The van der Waals surface area contributed by atoms with E-state index < -0.39 is 0 Å². The molecule has 0 unspecified atom stereocenters. The van der Waals surface area contributed by atoms with Crippen molar-refractivity contribution in [3.05, 3.63) is 48.4 Å². The maximum absolute atomic E-state index is 13.5. The van der Waals surface area contributed by atoms with Crippen LogP contribution in [0.25, 0.3) is 32.9 Å². The maximum Gasteiger partial charge on any atom is 0.222 e. The summed E-state index contributed by atoms with van der Waals surface area (Å²) in [4.78, 5) is 11.4. The van der Waals surface area contributed by atoms with Gasteiger partial charge in [0.1, 0.15) is 11.6 Å². The summed E-state index contributed by atoms with van der Waals surface area (Å²) in [5.41, 5.74) is 14.8. The van der Waals surface area contributed by atoms with Crippen LogP contribution in [-0.2, 0) is 0 Å². The summed E-state index contributed by atoms with van der Waals surface area (Å²) in [7, 11) is 0. The predicted molar refractivity (Wildman–Crippen MR) is 85.6 cm³/mol. The number of rotatable bonds is 1. The fourth-order valence-electron chi connectivity index (χ4n) is 2.79. The van der Waals surface area contributed by atoms with Crippen LogP contribution in [-0.4, -0.2) is 15.0 Å². The van der Waals surface area contributed by atoms with E-state index in [4.69, 9.17) is 11.5 Å². The second kappa shape index (κ2) is 4.42. The summed E-state index contributed by atoms with van der Waals surface area (Å²) in [5, 5.41) is 1.62. The van der Waals surface area contributed by atoms with Crippen molar-refractivity contribution in [2.45, 2.75) is 0 Å². The van der Waals surface area contributed by atoms with Gasteiger partial charge >= 0.3 is 0 Å². The van der Waals surface area contributed by atoms with Crippen LogP contribution in [0.1, 0.15) is 0 Å². The molecule has 0 saturated heterocycles. The molecule has 0 saturated carbocycles. The van der Waals surface area contributed by atoms with Crippen molar-refractivity contribution >= 4 is 33.6 Å². The number of anilines is 2. The van der Waals surface area contributed by atoms with Crippen LogP contribution < -0.4 is 11.5 Å². The first kappa shape index (κ1) is 12.6. The molecular formula is C16H12FN5. The van der Waals surface area contributed by atoms with E-state index >= 15 is 0 Å². The lowest BCUT2D eigenvalue weighted by atomic mass is 10.00. The van der Waals surface area contributed by atoms with Gasteiger partial charge in [0.15, 0.2) is 0 Å². The Morgan fingerprint density at radius 2 is 1.91 bits per heavy atom. The monoisotopic (exact) mass is 293 g/mol. The molecule has 0 atom stereocenters. The molecule has 0 fully saturated rings. The molecule has 4 aromatic rings. The Morgan fingerprint density at radius 1 is 1.05 bits per heavy atom. The van der Waals surface area contributed by atoms with Gasteiger partial charge in [-0.1, -0.05) is 12.1 Å². The number of hydrogen-bond donors (Lipinski definition) is 3. The summed E-state index contributed by atoms with van der Waals surface area (Å²) >= 11 is 0. The third-order valence-electron chi connectivity index (χ3n) is 3.68. The SMILES string of the molecule is Nc1nc(N)c2c(cc(-c3cccc(F)c3)c3[nH]ccc32)n1. The number of nitrogens with two attached hydrogens (primary N) is 2. The van der Waals surface area contributed by atoms with Crippen LogP contribution >= 0.6 is 0 Å². The van der Waals surface area contributed by atoms with Crippen molar-refractivity contribution in [2.75, 3.05) is 11.5 Å². The van der Waals surface area contributed by atoms with Crippen LogP contribution in [0.5, 0.6) is 0 Å². The Kier molecular flexibility index (Phi) is 2.53. The number of aromatic nitrogens is 3. The summed E-state index contributed by atoms with van der Waals surface area (Å²) < 4.78 is 13.5. The molecule has 22 heavy (non-hydrogen) atoms. The van der Waals surface area contributed by atoms with Crippen LogP contribution in [0.15, 0.2) is 42.6 Å². The Bertz CT molecular complexity index is 1020. The highest BCUT2D eigenvalue weighted by atomic mass is 19.1. The van der Waals surface area contributed by atoms with Gasteiger partial charge in [0.25, 0.3) is 0 Å². The molecule has 0 amide bonds. The topological polar surface area (TPSA) is 93.6 Å². The second-order valence-electron chi connectivity index (χ2n) is 5.06. The highest BCUT2D eigenvalue weighted by molar-refractivity contribution is 6.15. The number of halogens is 1. The molecule has 0 aliphatic carbocycles. The van der Waals surface area contributed by atoms with E-state index in [0.717, 1.165) is 27.4 Å². The quantitative estimate of drug-likeness (QED) is 0.502. The summed E-state index contributed by atoms with van der Waals surface area (Å²) in [6.45, 7) is 0. The first-order valence-corrected chi connectivity index (χ1v) is 6.72. The number of fused-ring (bicyclic) bond motifs is 3. The molecule has 4 rings (SSSR count).